The van der Waals surface area contributed by atoms with Gasteiger partial charge in [0.2, 0.25) is 0 Å². The van der Waals surface area contributed by atoms with Crippen molar-refractivity contribution in [2.75, 3.05) is 25.1 Å². The van der Waals surface area contributed by atoms with Crippen LogP contribution in [0.25, 0.3) is 5.82 Å². The van der Waals surface area contributed by atoms with Crippen LogP contribution in [0.15, 0.2) is 35.7 Å². The van der Waals surface area contributed by atoms with Crippen molar-refractivity contribution in [2.24, 2.45) is 4.99 Å². The molecule has 7 heteroatoms. The van der Waals surface area contributed by atoms with Gasteiger partial charge in [-0.05, 0) is 50.3 Å². The fourth-order valence-electron chi connectivity index (χ4n) is 2.36. The Hall–Kier alpha value is -2.02. The van der Waals surface area contributed by atoms with E-state index in [1.54, 1.807) is 6.20 Å². The number of aryl methyl sites for hydroxylation is 1. The van der Waals surface area contributed by atoms with E-state index in [2.05, 4.69) is 44.8 Å². The summed E-state index contributed by atoms with van der Waals surface area (Å²) in [7, 11) is 0. The van der Waals surface area contributed by atoms with Gasteiger partial charge < -0.3 is 10.6 Å². The molecule has 0 saturated heterocycles. The monoisotopic (exact) mass is 360 g/mol. The van der Waals surface area contributed by atoms with Gasteiger partial charge in [-0.15, -0.1) is 0 Å². The molecular weight excluding hydrogens is 332 g/mol. The van der Waals surface area contributed by atoms with E-state index in [1.165, 1.54) is 12.2 Å². The fraction of sp³-hybridized carbons (Fsp3) is 0.500. The number of pyridine rings is 1. The van der Waals surface area contributed by atoms with Crippen molar-refractivity contribution in [2.45, 2.75) is 33.2 Å². The molecule has 0 aromatic carbocycles. The van der Waals surface area contributed by atoms with Gasteiger partial charge in [-0.1, -0.05) is 6.07 Å². The lowest BCUT2D eigenvalue weighted by atomic mass is 10.3. The summed E-state index contributed by atoms with van der Waals surface area (Å²) in [5, 5.41) is 6.67. The zero-order chi connectivity index (χ0) is 17.9. The molecule has 2 heterocycles. The van der Waals surface area contributed by atoms with Crippen molar-refractivity contribution >= 4 is 17.7 Å². The highest BCUT2D eigenvalue weighted by atomic mass is 32.2. The number of unbranched alkanes of at least 4 members (excludes halogenated alkanes) is 1. The average molecular weight is 361 g/mol. The molecule has 0 bridgehead atoms. The van der Waals surface area contributed by atoms with Crippen LogP contribution in [0.1, 0.15) is 31.2 Å². The van der Waals surface area contributed by atoms with Crippen LogP contribution in [-0.2, 0) is 6.54 Å². The number of hydrogen-bond donors (Lipinski definition) is 2. The summed E-state index contributed by atoms with van der Waals surface area (Å²) in [6, 6.07) is 4.07. The topological polar surface area (TPSA) is 67.1 Å². The molecule has 0 fully saturated rings. The lowest BCUT2D eigenvalue weighted by molar-refractivity contribution is 0.734. The lowest BCUT2D eigenvalue weighted by Crippen LogP contribution is -2.37. The molecule has 0 aliphatic rings. The summed E-state index contributed by atoms with van der Waals surface area (Å²) in [5.41, 5.74) is 1.08. The molecule has 136 valence electrons. The fourth-order valence-corrected chi connectivity index (χ4v) is 2.86. The van der Waals surface area contributed by atoms with Crippen LogP contribution in [-0.4, -0.2) is 45.6 Å². The molecule has 0 amide bonds. The first-order valence-electron chi connectivity index (χ1n) is 8.71. The first-order chi connectivity index (χ1) is 12.2. The van der Waals surface area contributed by atoms with Crippen LogP contribution in [0, 0.1) is 6.92 Å². The molecular formula is C18H28N6S. The molecule has 0 spiro atoms. The minimum atomic E-state index is 0.607. The third-order valence-corrected chi connectivity index (χ3v) is 4.41. The highest BCUT2D eigenvalue weighted by Crippen LogP contribution is 2.09. The first-order valence-corrected chi connectivity index (χ1v) is 10.1. The maximum Gasteiger partial charge on any atom is 0.191 e. The molecule has 2 aromatic heterocycles. The number of nitrogens with zero attached hydrogens (tertiary/aromatic N) is 4. The Kier molecular flexibility index (Phi) is 8.31. The Labute approximate surface area is 154 Å². The Morgan fingerprint density at radius 1 is 1.24 bits per heavy atom. The van der Waals surface area contributed by atoms with Crippen LogP contribution in [0.5, 0.6) is 0 Å². The maximum atomic E-state index is 4.64. The van der Waals surface area contributed by atoms with E-state index in [0.717, 1.165) is 42.7 Å². The molecule has 25 heavy (non-hydrogen) atoms. The van der Waals surface area contributed by atoms with Gasteiger partial charge in [-0.25, -0.2) is 15.0 Å². The van der Waals surface area contributed by atoms with Gasteiger partial charge in [0.15, 0.2) is 5.96 Å². The van der Waals surface area contributed by atoms with Gasteiger partial charge in [-0.2, -0.15) is 11.8 Å². The van der Waals surface area contributed by atoms with Crippen LogP contribution < -0.4 is 10.6 Å². The number of imidazole rings is 1. The Balaban J connectivity index is 1.89. The van der Waals surface area contributed by atoms with Gasteiger partial charge in [0.1, 0.15) is 11.6 Å². The highest BCUT2D eigenvalue weighted by Gasteiger charge is 2.02. The standard InChI is InChI=1S/C18H28N6S/c1-4-19-18(21-9-5-6-12-25-3)23-14-16-7-8-17(22-13-16)24-11-10-20-15(24)2/h7-8,10-11,13H,4-6,9,12,14H2,1-3H3,(H2,19,21,23). The van der Waals surface area contributed by atoms with Crippen molar-refractivity contribution in [1.82, 2.24) is 25.2 Å². The summed E-state index contributed by atoms with van der Waals surface area (Å²) in [6.07, 6.45) is 10.1. The zero-order valence-corrected chi connectivity index (χ0v) is 16.1. The second-order valence-corrected chi connectivity index (χ2v) is 6.68. The van der Waals surface area contributed by atoms with Crippen LogP contribution in [0.2, 0.25) is 0 Å². The molecule has 2 aromatic rings. The first kappa shape index (κ1) is 19.3. The molecule has 0 aliphatic heterocycles. The highest BCUT2D eigenvalue weighted by molar-refractivity contribution is 7.98. The van der Waals surface area contributed by atoms with E-state index in [4.69, 9.17) is 0 Å². The van der Waals surface area contributed by atoms with Crippen molar-refractivity contribution in [3.05, 3.63) is 42.1 Å². The quantitative estimate of drug-likeness (QED) is 0.409. The van der Waals surface area contributed by atoms with E-state index < -0.39 is 0 Å². The predicted octanol–water partition coefficient (Wildman–Crippen LogP) is 2.77. The van der Waals surface area contributed by atoms with Gasteiger partial charge in [-0.3, -0.25) is 4.57 Å². The van der Waals surface area contributed by atoms with Gasteiger partial charge in [0.25, 0.3) is 0 Å². The second-order valence-electron chi connectivity index (χ2n) is 5.69. The summed E-state index contributed by atoms with van der Waals surface area (Å²) < 4.78 is 1.97. The Morgan fingerprint density at radius 2 is 2.12 bits per heavy atom. The van der Waals surface area contributed by atoms with E-state index in [9.17, 15) is 0 Å². The lowest BCUT2D eigenvalue weighted by Gasteiger charge is -2.11. The maximum absolute atomic E-state index is 4.64. The second kappa shape index (κ2) is 10.8. The number of aliphatic imine (C=N–C) groups is 1. The number of rotatable bonds is 9. The third kappa shape index (κ3) is 6.42. The molecule has 2 rings (SSSR count). The SMILES string of the molecule is CCNC(=NCc1ccc(-n2ccnc2C)nc1)NCCCCSC. The Bertz CT molecular complexity index is 650. The molecule has 6 nitrogen and oxygen atoms in total. The van der Waals surface area contributed by atoms with E-state index in [1.807, 2.05) is 41.7 Å². The minimum absolute atomic E-state index is 0.607. The number of hydrogen-bond acceptors (Lipinski definition) is 4. The van der Waals surface area contributed by atoms with E-state index in [-0.39, 0.29) is 0 Å². The van der Waals surface area contributed by atoms with Crippen LogP contribution in [0.3, 0.4) is 0 Å². The number of aromatic nitrogens is 3. The third-order valence-electron chi connectivity index (χ3n) is 3.71. The summed E-state index contributed by atoms with van der Waals surface area (Å²) in [4.78, 5) is 13.4. The molecule has 0 saturated carbocycles. The molecule has 0 aliphatic carbocycles. The molecule has 2 N–H and O–H groups in total. The van der Waals surface area contributed by atoms with Gasteiger partial charge >= 0.3 is 0 Å². The summed E-state index contributed by atoms with van der Waals surface area (Å²) >= 11 is 1.89. The predicted molar refractivity (Wildman–Crippen MR) is 107 cm³/mol. The van der Waals surface area contributed by atoms with E-state index in [0.29, 0.717) is 6.54 Å². The number of nitrogens with one attached hydrogen (secondary N) is 2. The van der Waals surface area contributed by atoms with Crippen molar-refractivity contribution in [1.29, 1.82) is 0 Å². The van der Waals surface area contributed by atoms with Crippen molar-refractivity contribution in [3.8, 4) is 5.82 Å². The molecule has 0 unspecified atom stereocenters. The zero-order valence-electron chi connectivity index (χ0n) is 15.3. The number of guanidine groups is 1. The summed E-state index contributed by atoms with van der Waals surface area (Å²) in [6.45, 7) is 6.45. The molecule has 0 atom stereocenters. The largest absolute Gasteiger partial charge is 0.357 e. The number of thioether (sulfide) groups is 1. The van der Waals surface area contributed by atoms with Crippen molar-refractivity contribution in [3.63, 3.8) is 0 Å². The van der Waals surface area contributed by atoms with Gasteiger partial charge in [0, 0.05) is 31.7 Å². The van der Waals surface area contributed by atoms with Crippen LogP contribution in [0.4, 0.5) is 0 Å². The van der Waals surface area contributed by atoms with Crippen molar-refractivity contribution < 1.29 is 0 Å². The van der Waals surface area contributed by atoms with Crippen LogP contribution >= 0.6 is 11.8 Å². The average Bonchev–Trinajstić information content (AvgIpc) is 3.06. The molecule has 0 radical (unpaired) electrons. The smallest absolute Gasteiger partial charge is 0.191 e. The van der Waals surface area contributed by atoms with Gasteiger partial charge in [0.05, 0.1) is 6.54 Å². The van der Waals surface area contributed by atoms with E-state index >= 15 is 0 Å². The normalized spacial score (nSPS) is 11.6. The summed E-state index contributed by atoms with van der Waals surface area (Å²) in [5.74, 6) is 3.88. The Morgan fingerprint density at radius 3 is 2.76 bits per heavy atom. The minimum Gasteiger partial charge on any atom is -0.357 e.